The van der Waals surface area contributed by atoms with Crippen molar-refractivity contribution in [2.45, 2.75) is 39.9 Å². The molecule has 0 aliphatic rings. The fourth-order valence-electron chi connectivity index (χ4n) is 1.21. The first-order valence-corrected chi connectivity index (χ1v) is 4.88. The fraction of sp³-hybridized carbons (Fsp3) is 1.00. The summed E-state index contributed by atoms with van der Waals surface area (Å²) in [6.07, 6.45) is -1.45. The molecule has 0 aliphatic carbocycles. The predicted octanol–water partition coefficient (Wildman–Crippen LogP) is 0.629. The van der Waals surface area contributed by atoms with Crippen LogP contribution in [0, 0.1) is 17.8 Å². The zero-order valence-electron chi connectivity index (χ0n) is 8.94. The van der Waals surface area contributed by atoms with Gasteiger partial charge in [0.15, 0.2) is 0 Å². The van der Waals surface area contributed by atoms with E-state index in [9.17, 15) is 10.2 Å². The Morgan fingerprint density at radius 1 is 0.923 bits per heavy atom. The summed E-state index contributed by atoms with van der Waals surface area (Å²) in [7, 11) is 0. The van der Waals surface area contributed by atoms with Gasteiger partial charge in [0.25, 0.3) is 0 Å². The van der Waals surface area contributed by atoms with Crippen molar-refractivity contribution in [3.63, 3.8) is 0 Å². The minimum absolute atomic E-state index is 0.0170. The Balaban J connectivity index is 4.15. The molecule has 13 heavy (non-hydrogen) atoms. The lowest BCUT2D eigenvalue weighted by Crippen LogP contribution is -2.39. The van der Waals surface area contributed by atoms with Crippen LogP contribution in [0.15, 0.2) is 0 Å². The first kappa shape index (κ1) is 12.9. The molecule has 0 aromatic heterocycles. The highest BCUT2D eigenvalue weighted by Gasteiger charge is 2.28. The van der Waals surface area contributed by atoms with Crippen LogP contribution in [0.25, 0.3) is 0 Å². The molecule has 0 amide bonds. The van der Waals surface area contributed by atoms with Crippen LogP contribution in [0.5, 0.6) is 0 Å². The SMILES string of the molecule is CC(C)C(O)C(O)C(C)C(C)CO. The number of aliphatic hydroxyl groups is 3. The normalized spacial score (nSPS) is 21.2. The van der Waals surface area contributed by atoms with Crippen molar-refractivity contribution < 1.29 is 15.3 Å². The van der Waals surface area contributed by atoms with Crippen LogP contribution in [0.4, 0.5) is 0 Å². The molecule has 0 heterocycles. The second-order valence-electron chi connectivity index (χ2n) is 4.24. The summed E-state index contributed by atoms with van der Waals surface area (Å²) in [5, 5.41) is 28.2. The van der Waals surface area contributed by atoms with Gasteiger partial charge in [0, 0.05) is 6.61 Å². The van der Waals surface area contributed by atoms with Crippen molar-refractivity contribution in [1.29, 1.82) is 0 Å². The maximum Gasteiger partial charge on any atom is 0.0830 e. The third-order valence-corrected chi connectivity index (χ3v) is 2.76. The van der Waals surface area contributed by atoms with Crippen molar-refractivity contribution in [3.05, 3.63) is 0 Å². The van der Waals surface area contributed by atoms with E-state index in [0.717, 1.165) is 0 Å². The number of hydrogen-bond donors (Lipinski definition) is 3. The molecule has 0 radical (unpaired) electrons. The first-order valence-electron chi connectivity index (χ1n) is 4.88. The van der Waals surface area contributed by atoms with Crippen molar-refractivity contribution in [3.8, 4) is 0 Å². The molecule has 0 rings (SSSR count). The molecule has 0 saturated carbocycles. The lowest BCUT2D eigenvalue weighted by atomic mass is 9.85. The monoisotopic (exact) mass is 190 g/mol. The number of rotatable bonds is 5. The van der Waals surface area contributed by atoms with Gasteiger partial charge in [0.2, 0.25) is 0 Å². The van der Waals surface area contributed by atoms with Gasteiger partial charge in [-0.2, -0.15) is 0 Å². The summed E-state index contributed by atoms with van der Waals surface area (Å²) in [4.78, 5) is 0. The minimum Gasteiger partial charge on any atom is -0.396 e. The van der Waals surface area contributed by atoms with E-state index in [-0.39, 0.29) is 24.4 Å². The lowest BCUT2D eigenvalue weighted by Gasteiger charge is -2.29. The number of hydrogen-bond acceptors (Lipinski definition) is 3. The second kappa shape index (κ2) is 5.58. The zero-order chi connectivity index (χ0) is 10.6. The van der Waals surface area contributed by atoms with Crippen LogP contribution in [0.2, 0.25) is 0 Å². The van der Waals surface area contributed by atoms with Crippen LogP contribution in [-0.2, 0) is 0 Å². The highest BCUT2D eigenvalue weighted by atomic mass is 16.3. The second-order valence-corrected chi connectivity index (χ2v) is 4.24. The smallest absolute Gasteiger partial charge is 0.0830 e. The molecular formula is C10H22O3. The summed E-state index contributed by atoms with van der Waals surface area (Å²) in [6.45, 7) is 7.48. The van der Waals surface area contributed by atoms with Gasteiger partial charge in [-0.1, -0.05) is 27.7 Å². The van der Waals surface area contributed by atoms with Crippen molar-refractivity contribution in [2.75, 3.05) is 6.61 Å². The van der Waals surface area contributed by atoms with E-state index in [4.69, 9.17) is 5.11 Å². The molecule has 0 fully saturated rings. The highest BCUT2D eigenvalue weighted by molar-refractivity contribution is 4.78. The lowest BCUT2D eigenvalue weighted by molar-refractivity contribution is -0.0529. The summed E-state index contributed by atoms with van der Waals surface area (Å²) in [5.74, 6) is -0.0193. The third kappa shape index (κ3) is 3.63. The molecule has 80 valence electrons. The molecule has 0 aromatic carbocycles. The molecule has 0 bridgehead atoms. The van der Waals surface area contributed by atoms with Crippen LogP contribution < -0.4 is 0 Å². The summed E-state index contributed by atoms with van der Waals surface area (Å²) in [5.41, 5.74) is 0. The minimum atomic E-state index is -0.748. The topological polar surface area (TPSA) is 60.7 Å². The van der Waals surface area contributed by atoms with Crippen molar-refractivity contribution >= 4 is 0 Å². The van der Waals surface area contributed by atoms with Gasteiger partial charge < -0.3 is 15.3 Å². The van der Waals surface area contributed by atoms with Crippen molar-refractivity contribution in [1.82, 2.24) is 0 Å². The molecule has 0 aliphatic heterocycles. The van der Waals surface area contributed by atoms with Gasteiger partial charge in [0.1, 0.15) is 0 Å². The summed E-state index contributed by atoms with van der Waals surface area (Å²) in [6, 6.07) is 0. The molecule has 4 atom stereocenters. The van der Waals surface area contributed by atoms with Gasteiger partial charge in [-0.3, -0.25) is 0 Å². The molecule has 0 spiro atoms. The van der Waals surface area contributed by atoms with Crippen LogP contribution in [-0.4, -0.2) is 34.1 Å². The van der Waals surface area contributed by atoms with E-state index < -0.39 is 12.2 Å². The van der Waals surface area contributed by atoms with Gasteiger partial charge >= 0.3 is 0 Å². The molecule has 3 nitrogen and oxygen atoms in total. The highest BCUT2D eigenvalue weighted by Crippen LogP contribution is 2.20. The average molecular weight is 190 g/mol. The molecular weight excluding hydrogens is 168 g/mol. The molecule has 0 aromatic rings. The van der Waals surface area contributed by atoms with Crippen molar-refractivity contribution in [2.24, 2.45) is 17.8 Å². The largest absolute Gasteiger partial charge is 0.396 e. The standard InChI is InChI=1S/C10H22O3/c1-6(2)9(12)10(13)8(4)7(3)5-11/h6-13H,5H2,1-4H3. The van der Waals surface area contributed by atoms with Gasteiger partial charge in [-0.25, -0.2) is 0 Å². The van der Waals surface area contributed by atoms with Crippen LogP contribution in [0.1, 0.15) is 27.7 Å². The quantitative estimate of drug-likeness (QED) is 0.596. The van der Waals surface area contributed by atoms with Gasteiger partial charge in [-0.15, -0.1) is 0 Å². The maximum absolute atomic E-state index is 9.70. The Morgan fingerprint density at radius 2 is 1.38 bits per heavy atom. The summed E-state index contributed by atoms with van der Waals surface area (Å²) < 4.78 is 0. The molecule has 3 heteroatoms. The first-order chi connectivity index (χ1) is 5.91. The average Bonchev–Trinajstić information content (AvgIpc) is 2.12. The number of aliphatic hydroxyl groups excluding tert-OH is 3. The van der Waals surface area contributed by atoms with E-state index in [1.54, 1.807) is 0 Å². The van der Waals surface area contributed by atoms with Crippen LogP contribution >= 0.6 is 0 Å². The third-order valence-electron chi connectivity index (χ3n) is 2.76. The Hall–Kier alpha value is -0.120. The molecule has 0 saturated heterocycles. The maximum atomic E-state index is 9.70. The Kier molecular flexibility index (Phi) is 5.53. The van der Waals surface area contributed by atoms with E-state index in [0.29, 0.717) is 0 Å². The van der Waals surface area contributed by atoms with E-state index in [1.807, 2.05) is 27.7 Å². The Labute approximate surface area is 80.4 Å². The zero-order valence-corrected chi connectivity index (χ0v) is 8.94. The predicted molar refractivity (Wildman–Crippen MR) is 52.3 cm³/mol. The Morgan fingerprint density at radius 3 is 1.69 bits per heavy atom. The molecule has 3 N–H and O–H groups in total. The van der Waals surface area contributed by atoms with Gasteiger partial charge in [0.05, 0.1) is 12.2 Å². The van der Waals surface area contributed by atoms with E-state index in [1.165, 1.54) is 0 Å². The summed E-state index contributed by atoms with van der Waals surface area (Å²) >= 11 is 0. The fourth-order valence-corrected chi connectivity index (χ4v) is 1.21. The molecule has 4 unspecified atom stereocenters. The van der Waals surface area contributed by atoms with E-state index >= 15 is 0 Å². The van der Waals surface area contributed by atoms with E-state index in [2.05, 4.69) is 0 Å². The Bertz CT molecular complexity index is 136. The van der Waals surface area contributed by atoms with Gasteiger partial charge in [-0.05, 0) is 17.8 Å². The van der Waals surface area contributed by atoms with Crippen LogP contribution in [0.3, 0.4) is 0 Å².